The van der Waals surface area contributed by atoms with Crippen LogP contribution in [0.4, 0.5) is 5.69 Å². The fourth-order valence-corrected chi connectivity index (χ4v) is 3.04. The van der Waals surface area contributed by atoms with Crippen LogP contribution in [0.2, 0.25) is 0 Å². The molecule has 0 spiro atoms. The van der Waals surface area contributed by atoms with Gasteiger partial charge in [-0.2, -0.15) is 0 Å². The minimum Gasteiger partial charge on any atom is -0.492 e. The molecule has 1 heterocycles. The Hall–Kier alpha value is -2.95. The summed E-state index contributed by atoms with van der Waals surface area (Å²) < 4.78 is 5.77. The molecule has 0 saturated carbocycles. The summed E-state index contributed by atoms with van der Waals surface area (Å²) in [5.41, 5.74) is 2.51. The second-order valence-electron chi connectivity index (χ2n) is 6.53. The standard InChI is InChI=1S/C22H28N4O/c1-23-22(25(2)15-16-27-21-11-4-3-5-12-21)24-18-19-9-8-10-20(17-19)26-13-6-7-14-26/h3-12,17H,13-16,18H2,1-2H3,(H,23,24). The summed E-state index contributed by atoms with van der Waals surface area (Å²) in [6.07, 6.45) is 4.42. The molecule has 142 valence electrons. The molecular formula is C22H28N4O. The molecule has 0 unspecified atom stereocenters. The van der Waals surface area contributed by atoms with E-state index in [0.29, 0.717) is 6.61 Å². The van der Waals surface area contributed by atoms with Crippen LogP contribution >= 0.6 is 0 Å². The highest BCUT2D eigenvalue weighted by Crippen LogP contribution is 2.18. The molecule has 3 rings (SSSR count). The molecule has 2 aromatic carbocycles. The van der Waals surface area contributed by atoms with Crippen molar-refractivity contribution >= 4 is 11.6 Å². The van der Waals surface area contributed by atoms with E-state index in [4.69, 9.17) is 4.74 Å². The number of ether oxygens (including phenoxy) is 1. The number of nitrogens with one attached hydrogen (secondary N) is 1. The van der Waals surface area contributed by atoms with Crippen molar-refractivity contribution in [3.8, 4) is 5.75 Å². The molecule has 0 fully saturated rings. The fourth-order valence-electron chi connectivity index (χ4n) is 3.04. The van der Waals surface area contributed by atoms with Crippen LogP contribution in [0.15, 0.2) is 71.7 Å². The van der Waals surface area contributed by atoms with Crippen molar-refractivity contribution in [1.29, 1.82) is 0 Å². The van der Waals surface area contributed by atoms with Crippen molar-refractivity contribution < 1.29 is 4.74 Å². The van der Waals surface area contributed by atoms with E-state index in [9.17, 15) is 0 Å². The third-order valence-electron chi connectivity index (χ3n) is 4.56. The molecule has 0 amide bonds. The zero-order valence-electron chi connectivity index (χ0n) is 16.1. The number of benzene rings is 2. The van der Waals surface area contributed by atoms with Gasteiger partial charge in [-0.25, -0.2) is 0 Å². The van der Waals surface area contributed by atoms with Crippen LogP contribution in [0.25, 0.3) is 0 Å². The first kappa shape index (κ1) is 18.8. The SMILES string of the molecule is CN=C(NCc1cccc(N2CC=CC2)c1)N(C)CCOc1ccccc1. The second kappa shape index (κ2) is 9.67. The largest absolute Gasteiger partial charge is 0.492 e. The van der Waals surface area contributed by atoms with Gasteiger partial charge >= 0.3 is 0 Å². The maximum atomic E-state index is 5.77. The van der Waals surface area contributed by atoms with Gasteiger partial charge < -0.3 is 19.9 Å². The summed E-state index contributed by atoms with van der Waals surface area (Å²) in [6.45, 7) is 4.09. The highest BCUT2D eigenvalue weighted by atomic mass is 16.5. The Balaban J connectivity index is 1.47. The Morgan fingerprint density at radius 3 is 2.63 bits per heavy atom. The second-order valence-corrected chi connectivity index (χ2v) is 6.53. The molecule has 5 heteroatoms. The molecule has 0 atom stereocenters. The third-order valence-corrected chi connectivity index (χ3v) is 4.56. The minimum absolute atomic E-state index is 0.610. The van der Waals surface area contributed by atoms with E-state index in [0.717, 1.165) is 37.9 Å². The lowest BCUT2D eigenvalue weighted by molar-refractivity contribution is 0.281. The van der Waals surface area contributed by atoms with E-state index in [1.807, 2.05) is 44.4 Å². The summed E-state index contributed by atoms with van der Waals surface area (Å²) >= 11 is 0. The first-order valence-electron chi connectivity index (χ1n) is 9.35. The molecule has 0 aromatic heterocycles. The number of aliphatic imine (C=N–C) groups is 1. The number of anilines is 1. The first-order chi connectivity index (χ1) is 13.3. The summed E-state index contributed by atoms with van der Waals surface area (Å²) in [7, 11) is 3.83. The van der Waals surface area contributed by atoms with Gasteiger partial charge in [0.25, 0.3) is 0 Å². The Labute approximate surface area is 162 Å². The average molecular weight is 364 g/mol. The lowest BCUT2D eigenvalue weighted by Crippen LogP contribution is -2.40. The zero-order valence-corrected chi connectivity index (χ0v) is 16.1. The monoisotopic (exact) mass is 364 g/mol. The van der Waals surface area contributed by atoms with E-state index >= 15 is 0 Å². The normalized spacial score (nSPS) is 13.7. The highest BCUT2D eigenvalue weighted by Gasteiger charge is 2.09. The smallest absolute Gasteiger partial charge is 0.193 e. The van der Waals surface area contributed by atoms with Gasteiger partial charge in [0, 0.05) is 39.4 Å². The van der Waals surface area contributed by atoms with Crippen molar-refractivity contribution in [2.75, 3.05) is 45.2 Å². The topological polar surface area (TPSA) is 40.1 Å². The van der Waals surface area contributed by atoms with E-state index < -0.39 is 0 Å². The molecule has 0 aliphatic carbocycles. The fraction of sp³-hybridized carbons (Fsp3) is 0.318. The quantitative estimate of drug-likeness (QED) is 0.465. The van der Waals surface area contributed by atoms with E-state index in [2.05, 4.69) is 56.5 Å². The van der Waals surface area contributed by atoms with Crippen LogP contribution < -0.4 is 15.0 Å². The highest BCUT2D eigenvalue weighted by molar-refractivity contribution is 5.79. The van der Waals surface area contributed by atoms with Crippen LogP contribution in [-0.4, -0.2) is 51.2 Å². The summed E-state index contributed by atoms with van der Waals surface area (Å²) in [4.78, 5) is 8.82. The van der Waals surface area contributed by atoms with Crippen molar-refractivity contribution in [3.05, 3.63) is 72.3 Å². The molecule has 2 aromatic rings. The van der Waals surface area contributed by atoms with Crippen molar-refractivity contribution in [2.45, 2.75) is 6.54 Å². The predicted molar refractivity (Wildman–Crippen MR) is 113 cm³/mol. The minimum atomic E-state index is 0.610. The van der Waals surface area contributed by atoms with Gasteiger partial charge in [0.15, 0.2) is 5.96 Å². The number of hydrogen-bond donors (Lipinski definition) is 1. The molecule has 0 radical (unpaired) electrons. The lowest BCUT2D eigenvalue weighted by Gasteiger charge is -2.23. The molecule has 1 aliphatic heterocycles. The van der Waals surface area contributed by atoms with Gasteiger partial charge in [0.1, 0.15) is 12.4 Å². The summed E-state index contributed by atoms with van der Waals surface area (Å²) in [5, 5.41) is 3.44. The van der Waals surface area contributed by atoms with Gasteiger partial charge in [-0.3, -0.25) is 4.99 Å². The van der Waals surface area contributed by atoms with Gasteiger partial charge in [0.05, 0.1) is 6.54 Å². The van der Waals surface area contributed by atoms with Gasteiger partial charge in [-0.1, -0.05) is 42.5 Å². The maximum Gasteiger partial charge on any atom is 0.193 e. The molecule has 0 bridgehead atoms. The summed E-state index contributed by atoms with van der Waals surface area (Å²) in [5.74, 6) is 1.75. The molecule has 0 saturated heterocycles. The van der Waals surface area contributed by atoms with Crippen LogP contribution in [0.5, 0.6) is 5.75 Å². The number of likely N-dealkylation sites (N-methyl/N-ethyl adjacent to an activating group) is 1. The van der Waals surface area contributed by atoms with Crippen LogP contribution in [0, 0.1) is 0 Å². The Morgan fingerprint density at radius 2 is 1.89 bits per heavy atom. The van der Waals surface area contributed by atoms with Crippen LogP contribution in [0.1, 0.15) is 5.56 Å². The molecule has 27 heavy (non-hydrogen) atoms. The van der Waals surface area contributed by atoms with Crippen LogP contribution in [0.3, 0.4) is 0 Å². The Kier molecular flexibility index (Phi) is 6.74. The Bertz CT molecular complexity index is 765. The molecule has 1 N–H and O–H groups in total. The first-order valence-corrected chi connectivity index (χ1v) is 9.35. The molecule has 5 nitrogen and oxygen atoms in total. The van der Waals surface area contributed by atoms with E-state index in [1.165, 1.54) is 11.3 Å². The molecule has 1 aliphatic rings. The number of guanidine groups is 1. The van der Waals surface area contributed by atoms with Crippen molar-refractivity contribution in [3.63, 3.8) is 0 Å². The van der Waals surface area contributed by atoms with Crippen LogP contribution in [-0.2, 0) is 6.54 Å². The van der Waals surface area contributed by atoms with Gasteiger partial charge in [-0.15, -0.1) is 0 Å². The zero-order chi connectivity index (χ0) is 18.9. The predicted octanol–water partition coefficient (Wildman–Crippen LogP) is 3.15. The van der Waals surface area contributed by atoms with Crippen molar-refractivity contribution in [2.24, 2.45) is 4.99 Å². The summed E-state index contributed by atoms with van der Waals surface area (Å²) in [6, 6.07) is 18.5. The van der Waals surface area contributed by atoms with E-state index in [1.54, 1.807) is 0 Å². The lowest BCUT2D eigenvalue weighted by atomic mass is 10.2. The van der Waals surface area contributed by atoms with Crippen molar-refractivity contribution in [1.82, 2.24) is 10.2 Å². The average Bonchev–Trinajstić information content (AvgIpc) is 3.24. The molecular weight excluding hydrogens is 336 g/mol. The Morgan fingerprint density at radius 1 is 1.11 bits per heavy atom. The van der Waals surface area contributed by atoms with E-state index in [-0.39, 0.29) is 0 Å². The number of nitrogens with zero attached hydrogens (tertiary/aromatic N) is 3. The maximum absolute atomic E-state index is 5.77. The third kappa shape index (κ3) is 5.51. The van der Waals surface area contributed by atoms with Gasteiger partial charge in [0.2, 0.25) is 0 Å². The number of rotatable bonds is 7. The number of hydrogen-bond acceptors (Lipinski definition) is 3. The van der Waals surface area contributed by atoms with Gasteiger partial charge in [-0.05, 0) is 29.8 Å². The number of para-hydroxylation sites is 1.